The van der Waals surface area contributed by atoms with E-state index in [1.807, 2.05) is 0 Å². The number of hydrogen-bond acceptors (Lipinski definition) is 1. The molecule has 0 heterocycles. The maximum atomic E-state index is 12.5. The molecule has 0 aliphatic heterocycles. The van der Waals surface area contributed by atoms with E-state index in [-0.39, 0.29) is 0 Å². The van der Waals surface area contributed by atoms with Gasteiger partial charge in [0.1, 0.15) is 0 Å². The van der Waals surface area contributed by atoms with E-state index in [4.69, 9.17) is 0 Å². The van der Waals surface area contributed by atoms with E-state index in [9.17, 15) is 9.90 Å². The molecule has 0 aliphatic rings. The molecule has 1 N–H and O–H groups in total. The lowest BCUT2D eigenvalue weighted by molar-refractivity contribution is -0.151. The normalized spacial score (nSPS) is 14.7. The van der Waals surface area contributed by atoms with Crippen LogP contribution < -0.4 is 0 Å². The minimum absolute atomic E-state index is 0.468. The number of carboxylic acids is 1. The third kappa shape index (κ3) is 12.8. The predicted octanol–water partition coefficient (Wildman–Crippen LogP) is 9.17. The van der Waals surface area contributed by atoms with Gasteiger partial charge in [0.25, 0.3) is 0 Å². The topological polar surface area (TPSA) is 37.3 Å². The molecule has 168 valence electrons. The quantitative estimate of drug-likeness (QED) is 0.196. The highest BCUT2D eigenvalue weighted by molar-refractivity contribution is 5.74. The van der Waals surface area contributed by atoms with Gasteiger partial charge in [0.05, 0.1) is 5.41 Å². The van der Waals surface area contributed by atoms with Gasteiger partial charge >= 0.3 is 5.97 Å². The maximum Gasteiger partial charge on any atom is 0.309 e. The largest absolute Gasteiger partial charge is 0.481 e. The Morgan fingerprint density at radius 1 is 0.643 bits per heavy atom. The summed E-state index contributed by atoms with van der Waals surface area (Å²) in [5, 5.41) is 10.3. The van der Waals surface area contributed by atoms with Gasteiger partial charge < -0.3 is 5.11 Å². The Bertz CT molecular complexity index is 352. The zero-order valence-electron chi connectivity index (χ0n) is 19.9. The summed E-state index contributed by atoms with van der Waals surface area (Å²) >= 11 is 0. The van der Waals surface area contributed by atoms with Crippen molar-refractivity contribution in [2.75, 3.05) is 0 Å². The van der Waals surface area contributed by atoms with Crippen molar-refractivity contribution >= 4 is 5.97 Å². The minimum Gasteiger partial charge on any atom is -0.481 e. The summed E-state index contributed by atoms with van der Waals surface area (Å²) in [5.74, 6) is 0.0921. The summed E-state index contributed by atoms with van der Waals surface area (Å²) in [6, 6.07) is 0. The van der Waals surface area contributed by atoms with Crippen molar-refractivity contribution in [3.63, 3.8) is 0 Å². The first-order valence-electron chi connectivity index (χ1n) is 12.8. The SMILES string of the molecule is CCCCCCCCC(CCCC)(CC(CCCC)CCCCCC)C(=O)O. The molecule has 0 saturated heterocycles. The lowest BCUT2D eigenvalue weighted by Crippen LogP contribution is -2.34. The molecular weight excluding hydrogens is 344 g/mol. The first kappa shape index (κ1) is 27.5. The van der Waals surface area contributed by atoms with Gasteiger partial charge in [-0.05, 0) is 25.2 Å². The van der Waals surface area contributed by atoms with Crippen LogP contribution in [0.2, 0.25) is 0 Å². The zero-order chi connectivity index (χ0) is 21.1. The van der Waals surface area contributed by atoms with Gasteiger partial charge in [0, 0.05) is 0 Å². The molecule has 0 spiro atoms. The first-order chi connectivity index (χ1) is 13.6. The van der Waals surface area contributed by atoms with Crippen LogP contribution in [-0.4, -0.2) is 11.1 Å². The average Bonchev–Trinajstić information content (AvgIpc) is 2.69. The number of carbonyl (C=O) groups is 1. The summed E-state index contributed by atoms with van der Waals surface area (Å²) in [7, 11) is 0. The van der Waals surface area contributed by atoms with Gasteiger partial charge in [-0.15, -0.1) is 0 Å². The Balaban J connectivity index is 4.94. The van der Waals surface area contributed by atoms with Crippen molar-refractivity contribution < 1.29 is 9.90 Å². The highest BCUT2D eigenvalue weighted by Crippen LogP contribution is 2.41. The van der Waals surface area contributed by atoms with Crippen molar-refractivity contribution in [2.24, 2.45) is 11.3 Å². The Morgan fingerprint density at radius 3 is 1.68 bits per heavy atom. The summed E-state index contributed by atoms with van der Waals surface area (Å²) in [5.41, 5.74) is -0.468. The van der Waals surface area contributed by atoms with E-state index < -0.39 is 11.4 Å². The second kappa shape index (κ2) is 18.5. The van der Waals surface area contributed by atoms with Crippen LogP contribution >= 0.6 is 0 Å². The number of hydrogen-bond donors (Lipinski definition) is 1. The first-order valence-corrected chi connectivity index (χ1v) is 12.8. The van der Waals surface area contributed by atoms with Crippen molar-refractivity contribution in [1.82, 2.24) is 0 Å². The molecule has 0 amide bonds. The van der Waals surface area contributed by atoms with Gasteiger partial charge in [0.2, 0.25) is 0 Å². The van der Waals surface area contributed by atoms with Gasteiger partial charge in [-0.3, -0.25) is 4.79 Å². The molecule has 2 nitrogen and oxygen atoms in total. The fourth-order valence-corrected chi connectivity index (χ4v) is 4.64. The molecule has 0 aliphatic carbocycles. The average molecular weight is 397 g/mol. The van der Waals surface area contributed by atoms with Crippen LogP contribution in [0.1, 0.15) is 150 Å². The highest BCUT2D eigenvalue weighted by Gasteiger charge is 2.39. The molecular formula is C26H52O2. The fourth-order valence-electron chi connectivity index (χ4n) is 4.64. The van der Waals surface area contributed by atoms with Crippen molar-refractivity contribution in [1.29, 1.82) is 0 Å². The summed E-state index contributed by atoms with van der Waals surface area (Å²) < 4.78 is 0. The molecule has 0 aromatic heterocycles. The third-order valence-electron chi connectivity index (χ3n) is 6.58. The van der Waals surface area contributed by atoms with Crippen LogP contribution in [0.15, 0.2) is 0 Å². The fraction of sp³-hybridized carbons (Fsp3) is 0.962. The number of aliphatic carboxylic acids is 1. The molecule has 0 rings (SSSR count). The smallest absolute Gasteiger partial charge is 0.309 e. The molecule has 0 aromatic rings. The van der Waals surface area contributed by atoms with E-state index in [2.05, 4.69) is 27.7 Å². The van der Waals surface area contributed by atoms with Gasteiger partial charge in [-0.1, -0.05) is 130 Å². The maximum absolute atomic E-state index is 12.5. The molecule has 2 unspecified atom stereocenters. The molecule has 0 saturated carbocycles. The molecule has 2 atom stereocenters. The van der Waals surface area contributed by atoms with Gasteiger partial charge in [0.15, 0.2) is 0 Å². The van der Waals surface area contributed by atoms with E-state index in [1.165, 1.54) is 83.5 Å². The summed E-state index contributed by atoms with van der Waals surface area (Å²) in [6.45, 7) is 8.95. The Labute approximate surface area is 177 Å². The van der Waals surface area contributed by atoms with E-state index >= 15 is 0 Å². The van der Waals surface area contributed by atoms with E-state index in [0.717, 1.165) is 38.5 Å². The number of rotatable bonds is 21. The molecule has 28 heavy (non-hydrogen) atoms. The molecule has 2 heteroatoms. The number of carboxylic acid groups (broad SMARTS) is 1. The van der Waals surface area contributed by atoms with Gasteiger partial charge in [-0.2, -0.15) is 0 Å². The highest BCUT2D eigenvalue weighted by atomic mass is 16.4. The van der Waals surface area contributed by atoms with Crippen molar-refractivity contribution in [3.8, 4) is 0 Å². The second-order valence-electron chi connectivity index (χ2n) is 9.27. The van der Waals surface area contributed by atoms with Crippen molar-refractivity contribution in [3.05, 3.63) is 0 Å². The standard InChI is InChI=1S/C26H52O2/c1-5-9-13-15-16-18-22-26(25(27)28,21-12-8-4)23-24(19-11-7-3)20-17-14-10-6-2/h24H,5-23H2,1-4H3,(H,27,28). The second-order valence-corrected chi connectivity index (χ2v) is 9.27. The zero-order valence-corrected chi connectivity index (χ0v) is 19.9. The van der Waals surface area contributed by atoms with Crippen LogP contribution in [-0.2, 0) is 4.79 Å². The van der Waals surface area contributed by atoms with E-state index in [0.29, 0.717) is 5.92 Å². The Kier molecular flexibility index (Phi) is 18.1. The van der Waals surface area contributed by atoms with Crippen LogP contribution in [0.5, 0.6) is 0 Å². The van der Waals surface area contributed by atoms with Crippen LogP contribution in [0, 0.1) is 11.3 Å². The van der Waals surface area contributed by atoms with Crippen LogP contribution in [0.3, 0.4) is 0 Å². The summed E-state index contributed by atoms with van der Waals surface area (Å²) in [6.07, 6.45) is 22.4. The number of unbranched alkanes of at least 4 members (excludes halogenated alkanes) is 10. The third-order valence-corrected chi connectivity index (χ3v) is 6.58. The lowest BCUT2D eigenvalue weighted by atomic mass is 9.70. The summed E-state index contributed by atoms with van der Waals surface area (Å²) in [4.78, 5) is 12.5. The monoisotopic (exact) mass is 396 g/mol. The van der Waals surface area contributed by atoms with Gasteiger partial charge in [-0.25, -0.2) is 0 Å². The predicted molar refractivity (Wildman–Crippen MR) is 124 cm³/mol. The lowest BCUT2D eigenvalue weighted by Gasteiger charge is -2.34. The van der Waals surface area contributed by atoms with E-state index in [1.54, 1.807) is 0 Å². The molecule has 0 aromatic carbocycles. The molecule has 0 bridgehead atoms. The Morgan fingerprint density at radius 2 is 1.11 bits per heavy atom. The molecule has 0 radical (unpaired) electrons. The van der Waals surface area contributed by atoms with Crippen LogP contribution in [0.4, 0.5) is 0 Å². The van der Waals surface area contributed by atoms with Crippen molar-refractivity contribution in [2.45, 2.75) is 150 Å². The Hall–Kier alpha value is -0.530. The molecule has 0 fully saturated rings. The van der Waals surface area contributed by atoms with Crippen LogP contribution in [0.25, 0.3) is 0 Å². The minimum atomic E-state index is -0.510.